The highest BCUT2D eigenvalue weighted by atomic mass is 16.3. The summed E-state index contributed by atoms with van der Waals surface area (Å²) in [6, 6.07) is 5.91. The number of hydrogen-bond acceptors (Lipinski definition) is 3. The molecule has 0 aromatic heterocycles. The molecule has 3 aliphatic carbocycles. The molecule has 3 nitrogen and oxygen atoms in total. The maximum absolute atomic E-state index is 11.5. The lowest BCUT2D eigenvalue weighted by atomic mass is 9.53. The second kappa shape index (κ2) is 11.7. The zero-order valence-corrected chi connectivity index (χ0v) is 20.2. The van der Waals surface area contributed by atoms with Crippen molar-refractivity contribution in [2.75, 3.05) is 0 Å². The minimum Gasteiger partial charge on any atom is -0.508 e. The van der Waals surface area contributed by atoms with Crippen LogP contribution in [0.2, 0.25) is 0 Å². The van der Waals surface area contributed by atoms with E-state index in [4.69, 9.17) is 0 Å². The van der Waals surface area contributed by atoms with E-state index in [0.29, 0.717) is 36.3 Å². The van der Waals surface area contributed by atoms with Crippen LogP contribution in [0, 0.1) is 17.3 Å². The standard InChI is InChI=1S/C22H32O3.C3H8.C2H6.CH4/c1-3-15(23)13-22(25)11-9-20-19-6-4-14-12-16(24)5-7-17(14)18(19)8-10-21(20,22)2;1-3-2;1-2;/h5,7,12,15,18-20,23-25H,3-4,6,8-11,13H2,1-2H3;3H2,1-2H3;1-2H3;1H4/t15?,18?,19?,20?,21?,22-;;;/m1.../s1. The van der Waals surface area contributed by atoms with Crippen LogP contribution in [0.5, 0.6) is 5.75 Å². The zero-order chi connectivity index (χ0) is 22.5. The number of benzene rings is 1. The lowest BCUT2D eigenvalue weighted by Crippen LogP contribution is -2.52. The van der Waals surface area contributed by atoms with Crippen molar-refractivity contribution in [3.05, 3.63) is 29.3 Å². The van der Waals surface area contributed by atoms with Crippen molar-refractivity contribution in [3.8, 4) is 5.75 Å². The molecule has 6 atom stereocenters. The van der Waals surface area contributed by atoms with Crippen LogP contribution in [0.4, 0.5) is 0 Å². The molecule has 1 aromatic carbocycles. The molecule has 0 radical (unpaired) electrons. The quantitative estimate of drug-likeness (QED) is 0.470. The van der Waals surface area contributed by atoms with Crippen molar-refractivity contribution in [2.45, 2.75) is 124 Å². The van der Waals surface area contributed by atoms with Gasteiger partial charge in [0.2, 0.25) is 0 Å². The number of aliphatic hydroxyl groups excluding tert-OH is 1. The molecule has 0 bridgehead atoms. The van der Waals surface area contributed by atoms with Gasteiger partial charge in [-0.25, -0.2) is 0 Å². The fourth-order valence-electron chi connectivity index (χ4n) is 6.55. The number of phenolic OH excluding ortho intramolecular Hbond substituents is 1. The van der Waals surface area contributed by atoms with Crippen molar-refractivity contribution in [1.82, 2.24) is 0 Å². The van der Waals surface area contributed by atoms with E-state index in [2.05, 4.69) is 26.8 Å². The number of fused-ring (bicyclic) bond motifs is 5. The number of aryl methyl sites for hydroxylation is 1. The number of phenols is 1. The Hall–Kier alpha value is -1.06. The summed E-state index contributed by atoms with van der Waals surface area (Å²) in [5.74, 6) is 2.12. The highest BCUT2D eigenvalue weighted by Crippen LogP contribution is 2.65. The molecule has 1 aromatic rings. The molecule has 2 saturated carbocycles. The molecule has 0 aliphatic heterocycles. The van der Waals surface area contributed by atoms with Crippen LogP contribution in [0.1, 0.15) is 117 Å². The van der Waals surface area contributed by atoms with E-state index in [0.717, 1.165) is 38.5 Å². The van der Waals surface area contributed by atoms with Crippen LogP contribution in [0.3, 0.4) is 0 Å². The molecule has 3 aliphatic rings. The summed E-state index contributed by atoms with van der Waals surface area (Å²) < 4.78 is 0. The highest BCUT2D eigenvalue weighted by molar-refractivity contribution is 5.40. The summed E-state index contributed by atoms with van der Waals surface area (Å²) in [5.41, 5.74) is 1.96. The molecule has 3 heteroatoms. The van der Waals surface area contributed by atoms with Crippen LogP contribution in [-0.2, 0) is 6.42 Å². The fourth-order valence-corrected chi connectivity index (χ4v) is 6.55. The third kappa shape index (κ3) is 5.30. The number of aliphatic hydroxyl groups is 2. The zero-order valence-electron chi connectivity index (χ0n) is 20.2. The minimum absolute atomic E-state index is 0. The lowest BCUT2D eigenvalue weighted by Gasteiger charge is -2.53. The molecular weight excluding hydrogens is 384 g/mol. The molecule has 5 unspecified atom stereocenters. The number of aromatic hydroxyl groups is 1. The predicted molar refractivity (Wildman–Crippen MR) is 133 cm³/mol. The summed E-state index contributed by atoms with van der Waals surface area (Å²) in [7, 11) is 0. The molecule has 180 valence electrons. The van der Waals surface area contributed by atoms with E-state index in [9.17, 15) is 15.3 Å². The van der Waals surface area contributed by atoms with E-state index in [1.165, 1.54) is 17.5 Å². The van der Waals surface area contributed by atoms with Crippen molar-refractivity contribution in [1.29, 1.82) is 0 Å². The van der Waals surface area contributed by atoms with Crippen molar-refractivity contribution in [2.24, 2.45) is 17.3 Å². The third-order valence-corrected chi connectivity index (χ3v) is 8.08. The van der Waals surface area contributed by atoms with Crippen LogP contribution < -0.4 is 0 Å². The van der Waals surface area contributed by atoms with Gasteiger partial charge in [0.05, 0.1) is 11.7 Å². The third-order valence-electron chi connectivity index (χ3n) is 8.08. The number of hydrogen-bond donors (Lipinski definition) is 3. The Morgan fingerprint density at radius 1 is 1.06 bits per heavy atom. The van der Waals surface area contributed by atoms with Gasteiger partial charge in [-0.3, -0.25) is 0 Å². The van der Waals surface area contributed by atoms with Gasteiger partial charge in [0.1, 0.15) is 5.75 Å². The number of rotatable bonds is 3. The first-order valence-electron chi connectivity index (χ1n) is 12.5. The molecule has 3 N–H and O–H groups in total. The molecule has 4 rings (SSSR count). The van der Waals surface area contributed by atoms with Gasteiger partial charge in [-0.15, -0.1) is 0 Å². The minimum atomic E-state index is -0.715. The van der Waals surface area contributed by atoms with Crippen molar-refractivity contribution in [3.63, 3.8) is 0 Å². The second-order valence-corrected chi connectivity index (χ2v) is 9.80. The first-order chi connectivity index (χ1) is 14.3. The summed E-state index contributed by atoms with van der Waals surface area (Å²) in [5, 5.41) is 31.5. The van der Waals surface area contributed by atoms with Crippen LogP contribution in [0.25, 0.3) is 0 Å². The lowest BCUT2D eigenvalue weighted by molar-refractivity contribution is -0.123. The molecule has 0 saturated heterocycles. The largest absolute Gasteiger partial charge is 0.508 e. The van der Waals surface area contributed by atoms with Gasteiger partial charge < -0.3 is 15.3 Å². The van der Waals surface area contributed by atoms with E-state index in [1.807, 2.05) is 32.9 Å². The van der Waals surface area contributed by atoms with Gasteiger partial charge in [0.15, 0.2) is 0 Å². The van der Waals surface area contributed by atoms with Gasteiger partial charge in [0.25, 0.3) is 0 Å². The summed E-state index contributed by atoms with van der Waals surface area (Å²) >= 11 is 0. The topological polar surface area (TPSA) is 60.7 Å². The Morgan fingerprint density at radius 2 is 1.71 bits per heavy atom. The Kier molecular flexibility index (Phi) is 10.6. The molecule has 31 heavy (non-hydrogen) atoms. The van der Waals surface area contributed by atoms with Gasteiger partial charge in [-0.05, 0) is 91.4 Å². The van der Waals surface area contributed by atoms with Crippen LogP contribution in [0.15, 0.2) is 18.2 Å². The van der Waals surface area contributed by atoms with E-state index in [1.54, 1.807) is 0 Å². The predicted octanol–water partition coefficient (Wildman–Crippen LogP) is 7.22. The smallest absolute Gasteiger partial charge is 0.115 e. The molecule has 0 heterocycles. The van der Waals surface area contributed by atoms with E-state index >= 15 is 0 Å². The molecule has 0 spiro atoms. The molecule has 2 fully saturated rings. The maximum atomic E-state index is 11.5. The van der Waals surface area contributed by atoms with E-state index in [-0.39, 0.29) is 12.8 Å². The van der Waals surface area contributed by atoms with Crippen molar-refractivity contribution < 1.29 is 15.3 Å². The summed E-state index contributed by atoms with van der Waals surface area (Å²) in [6.45, 7) is 12.5. The Labute approximate surface area is 192 Å². The first kappa shape index (κ1) is 28.0. The maximum Gasteiger partial charge on any atom is 0.115 e. The van der Waals surface area contributed by atoms with Gasteiger partial charge in [-0.2, -0.15) is 0 Å². The van der Waals surface area contributed by atoms with Gasteiger partial charge >= 0.3 is 0 Å². The monoisotopic (exact) mass is 434 g/mol. The van der Waals surface area contributed by atoms with Crippen LogP contribution in [-0.4, -0.2) is 27.0 Å². The second-order valence-electron chi connectivity index (χ2n) is 9.80. The van der Waals surface area contributed by atoms with Gasteiger partial charge in [0, 0.05) is 6.42 Å². The fraction of sp³-hybridized carbons (Fsp3) is 0.786. The highest BCUT2D eigenvalue weighted by Gasteiger charge is 2.61. The van der Waals surface area contributed by atoms with Crippen LogP contribution >= 0.6 is 0 Å². The Bertz CT molecular complexity index is 672. The molecular formula is C28H50O3. The summed E-state index contributed by atoms with van der Waals surface area (Å²) in [4.78, 5) is 0. The summed E-state index contributed by atoms with van der Waals surface area (Å²) in [6.07, 6.45) is 8.35. The average Bonchev–Trinajstić information content (AvgIpc) is 3.00. The van der Waals surface area contributed by atoms with Gasteiger partial charge in [-0.1, -0.05) is 61.5 Å². The SMILES string of the molecule is C.CC.CCC.CCC(O)C[C@]1(O)CCC2C3CCc4cc(O)ccc4C3CCC21C. The Morgan fingerprint density at radius 3 is 2.32 bits per heavy atom. The first-order valence-corrected chi connectivity index (χ1v) is 12.5. The Balaban J connectivity index is 0.000000740. The van der Waals surface area contributed by atoms with E-state index < -0.39 is 11.7 Å². The molecule has 0 amide bonds. The average molecular weight is 435 g/mol. The van der Waals surface area contributed by atoms with Crippen molar-refractivity contribution >= 4 is 0 Å². The normalized spacial score (nSPS) is 33.7.